The second kappa shape index (κ2) is 37.2. The van der Waals surface area contributed by atoms with E-state index >= 15 is 0 Å². The molecule has 4 aromatic heterocycles. The van der Waals surface area contributed by atoms with Crippen molar-refractivity contribution < 1.29 is 85.1 Å². The molecule has 9 rings (SSSR count). The third-order valence-electron chi connectivity index (χ3n) is 11.7. The van der Waals surface area contributed by atoms with Crippen LogP contribution in [-0.4, -0.2) is 146 Å². The Labute approximate surface area is 503 Å². The first-order chi connectivity index (χ1) is 39.9. The smallest absolute Gasteiger partial charge is 0.267 e. The third-order valence-corrected chi connectivity index (χ3v) is 11.7. The van der Waals surface area contributed by atoms with Gasteiger partial charge in [-0.3, -0.25) is 24.5 Å². The summed E-state index contributed by atoms with van der Waals surface area (Å²) in [5.41, 5.74) is 8.88. The van der Waals surface area contributed by atoms with Crippen LogP contribution in [0.25, 0.3) is 55.0 Å². The molecule has 5 aromatic carbocycles. The first-order valence-electron chi connectivity index (χ1n) is 25.8. The van der Waals surface area contributed by atoms with Crippen LogP contribution in [0.1, 0.15) is 28.4 Å². The summed E-state index contributed by atoms with van der Waals surface area (Å²) in [7, 11) is -4.22. The van der Waals surface area contributed by atoms with E-state index in [0.29, 0.717) is 81.8 Å². The molecule has 0 atom stereocenters. The summed E-state index contributed by atoms with van der Waals surface area (Å²) in [5, 5.41) is 28.0. The molecule has 1 amide bonds. The van der Waals surface area contributed by atoms with Gasteiger partial charge in [0.2, 0.25) is 0 Å². The number of anilines is 1. The number of aliphatic hydroxyl groups excluding tert-OH is 2. The van der Waals surface area contributed by atoms with E-state index in [2.05, 4.69) is 87.7 Å². The molecule has 0 aliphatic rings. The summed E-state index contributed by atoms with van der Waals surface area (Å²) in [6.07, 6.45) is 9.10. The van der Waals surface area contributed by atoms with Crippen molar-refractivity contribution in [3.8, 4) is 28.0 Å². The minimum Gasteiger partial charge on any atom is -0.748 e. The SMILES string of the molecule is CCc1cccc2c1c(O)c(C(=O)N(CCOCCOCCOCCOCc1cccnc1)c1ccccc1)c(=O)n2C.CO.CO.CS(=O)(=O)[O-].CS(=O)(=O)[O-].[99Tc].c1ccc(-c2ccnc3c2ccc2c(-c4ccccc4)ccnc23)cc1. The van der Waals surface area contributed by atoms with Crippen LogP contribution < -0.4 is 10.5 Å². The Morgan fingerprint density at radius 3 is 1.50 bits per heavy atom. The van der Waals surface area contributed by atoms with Crippen LogP contribution in [0.15, 0.2) is 175 Å². The maximum atomic E-state index is 13.8. The van der Waals surface area contributed by atoms with Crippen molar-refractivity contribution in [3.63, 3.8) is 0 Å². The zero-order valence-electron chi connectivity index (χ0n) is 47.4. The minimum atomic E-state index is -3.92. The van der Waals surface area contributed by atoms with Crippen molar-refractivity contribution in [3.05, 3.63) is 197 Å². The van der Waals surface area contributed by atoms with Crippen LogP contribution >= 0.6 is 0 Å². The molecule has 84 heavy (non-hydrogen) atoms. The number of aliphatic hydroxyl groups is 2. The number of hydrogen-bond donors (Lipinski definition) is 3. The van der Waals surface area contributed by atoms with Crippen LogP contribution in [0, 0.1) is 0 Å². The summed E-state index contributed by atoms with van der Waals surface area (Å²) in [5.74, 6) is -0.878. The van der Waals surface area contributed by atoms with E-state index < -0.39 is 31.7 Å². The number of aryl methyl sites for hydroxylation is 2. The molecular weight excluding hydrogens is 1210 g/mol. The Kier molecular flexibility index (Phi) is 31.4. The van der Waals surface area contributed by atoms with E-state index in [-0.39, 0.29) is 44.6 Å². The van der Waals surface area contributed by atoms with E-state index in [4.69, 9.17) is 55.1 Å². The van der Waals surface area contributed by atoms with E-state index in [1.165, 1.54) is 31.7 Å². The van der Waals surface area contributed by atoms with Crippen LogP contribution in [-0.2, 0) is 79.4 Å². The number of fused-ring (bicyclic) bond motifs is 4. The number of benzene rings is 5. The number of carbonyl (C=O) groups excluding carboxylic acids is 1. The average Bonchev–Trinajstić information content (AvgIpc) is 1.75. The largest absolute Gasteiger partial charge is 0.748 e. The number of nitrogens with zero attached hydrogens (tertiary/aromatic N) is 5. The minimum absolute atomic E-state index is 0. The maximum absolute atomic E-state index is 13.8. The Hall–Kier alpha value is -7.22. The van der Waals surface area contributed by atoms with Crippen molar-refractivity contribution in [1.82, 2.24) is 19.5 Å². The maximum Gasteiger partial charge on any atom is 0.267 e. The molecule has 0 aliphatic heterocycles. The van der Waals surface area contributed by atoms with Crippen molar-refractivity contribution in [1.29, 1.82) is 0 Å². The molecule has 0 unspecified atom stereocenters. The molecule has 0 bridgehead atoms. The summed E-state index contributed by atoms with van der Waals surface area (Å²) in [6.45, 7) is 5.37. The molecule has 0 saturated heterocycles. The van der Waals surface area contributed by atoms with E-state index in [1.807, 2.05) is 73.9 Å². The third kappa shape index (κ3) is 22.7. The Morgan fingerprint density at radius 1 is 0.595 bits per heavy atom. The molecule has 9 aromatic rings. The predicted octanol–water partition coefficient (Wildman–Crippen LogP) is 7.77. The van der Waals surface area contributed by atoms with E-state index in [9.17, 15) is 14.7 Å². The van der Waals surface area contributed by atoms with Gasteiger partial charge >= 0.3 is 0 Å². The first kappa shape index (κ1) is 71.0. The number of hydrogen-bond acceptors (Lipinski definition) is 18. The van der Waals surface area contributed by atoms with Crippen LogP contribution in [0.5, 0.6) is 5.75 Å². The molecule has 0 aliphatic carbocycles. The van der Waals surface area contributed by atoms with Gasteiger partial charge in [-0.15, -0.1) is 0 Å². The van der Waals surface area contributed by atoms with Crippen LogP contribution in [0.2, 0.25) is 0 Å². The summed E-state index contributed by atoms with van der Waals surface area (Å²) in [4.78, 5) is 42.0. The van der Waals surface area contributed by atoms with Gasteiger partial charge in [-0.05, 0) is 76.2 Å². The second-order valence-corrected chi connectivity index (χ2v) is 20.3. The number of carbonyl (C=O) groups is 1. The van der Waals surface area contributed by atoms with E-state index in [1.54, 1.807) is 37.6 Å². The Morgan fingerprint density at radius 2 is 1.05 bits per heavy atom. The molecule has 3 N–H and O–H groups in total. The topological polar surface area (TPSA) is 293 Å². The molecule has 1 radical (unpaired) electrons. The van der Waals surface area contributed by atoms with Gasteiger partial charge in [-0.2, -0.15) is 0 Å². The molecule has 0 spiro atoms. The van der Waals surface area contributed by atoms with Gasteiger partial charge in [-0.25, -0.2) is 16.8 Å². The van der Waals surface area contributed by atoms with Gasteiger partial charge in [0.1, 0.15) is 11.3 Å². The fraction of sp³-hybridized carbons (Fsp3) is 0.262. The first-order valence-corrected chi connectivity index (χ1v) is 29.5. The normalized spacial score (nSPS) is 10.7. The second-order valence-electron chi connectivity index (χ2n) is 17.5. The molecule has 4 heterocycles. The van der Waals surface area contributed by atoms with Gasteiger partial charge < -0.3 is 52.8 Å². The van der Waals surface area contributed by atoms with Crippen LogP contribution in [0.4, 0.5) is 5.69 Å². The quantitative estimate of drug-likeness (QED) is 0.0396. The van der Waals surface area contributed by atoms with Crippen molar-refractivity contribution >= 4 is 64.5 Å². The molecule has 23 heteroatoms. The number of aromatic nitrogens is 4. The molecule has 0 fully saturated rings. The number of para-hydroxylation sites is 1. The van der Waals surface area contributed by atoms with Gasteiger partial charge in [0.25, 0.3) is 11.5 Å². The van der Waals surface area contributed by atoms with E-state index in [0.717, 1.165) is 47.2 Å². The molecule has 20 nitrogen and oxygen atoms in total. The summed E-state index contributed by atoms with van der Waals surface area (Å²) in [6, 6.07) is 47.7. The van der Waals surface area contributed by atoms with Crippen molar-refractivity contribution in [2.45, 2.75) is 20.0 Å². The number of amides is 1. The van der Waals surface area contributed by atoms with Crippen molar-refractivity contribution in [2.24, 2.45) is 7.05 Å². The molecule has 0 saturated carbocycles. The zero-order chi connectivity index (χ0) is 60.8. The number of pyridine rings is 4. The fourth-order valence-corrected chi connectivity index (χ4v) is 8.28. The Bertz CT molecular complexity index is 3560. The number of ether oxygens (including phenoxy) is 4. The van der Waals surface area contributed by atoms with Crippen LogP contribution in [0.3, 0.4) is 0 Å². The van der Waals surface area contributed by atoms with Gasteiger partial charge in [0, 0.05) is 107 Å². The number of rotatable bonds is 19. The molecule has 449 valence electrons. The average molecular weight is 1280 g/mol. The van der Waals surface area contributed by atoms with Crippen molar-refractivity contribution in [2.75, 3.05) is 84.4 Å². The zero-order valence-corrected chi connectivity index (χ0v) is 50.9. The monoisotopic (exact) mass is 1270 g/mol. The molecular formula is C61H69N5O15S2Tc-2. The van der Waals surface area contributed by atoms with Gasteiger partial charge in [0.15, 0.2) is 0 Å². The predicted molar refractivity (Wildman–Crippen MR) is 320 cm³/mol. The summed E-state index contributed by atoms with van der Waals surface area (Å²) < 4.78 is 78.2. The van der Waals surface area contributed by atoms with Gasteiger partial charge in [0.05, 0.1) is 89.6 Å². The van der Waals surface area contributed by atoms with Gasteiger partial charge in [-0.1, -0.05) is 116 Å². The number of aromatic hydroxyl groups is 1. The standard InChI is InChI=1S/C33H39N3O7.C24H16N2.2CH4O3S.2CH4O.Tc/c1-3-26-10-7-13-28-29(26)31(37)30(32(38)35(28)2)33(39)36(27-11-5-4-6-12-27)15-16-40-17-18-41-19-20-42-21-22-43-24-25-9-8-14-34-23-25;1-3-7-17(8-4-1)19-13-15-25-23-21(19)11-12-22-20(14-16-26-24(22)23)18-9-5-2-6-10-18;2*1-5(2,3)4;2*1-2;/h4-14,23,37H,3,15-22,24H2,1-2H3;1-16H;2*1H3,(H,2,3,4);2*2H,1H3;/p-2/i;;;;;;1+1. The summed E-state index contributed by atoms with van der Waals surface area (Å²) >= 11 is 0. The Balaban J connectivity index is 0.000000379. The fourth-order valence-electron chi connectivity index (χ4n) is 8.28.